The highest BCUT2D eigenvalue weighted by Crippen LogP contribution is 2.28. The Bertz CT molecular complexity index is 892. The number of aromatic nitrogens is 5. The van der Waals surface area contributed by atoms with Gasteiger partial charge >= 0.3 is 0 Å². The molecule has 7 nitrogen and oxygen atoms in total. The summed E-state index contributed by atoms with van der Waals surface area (Å²) >= 11 is 0. The zero-order valence-corrected chi connectivity index (χ0v) is 12.2. The first-order valence-electron chi connectivity index (χ1n) is 7.35. The second-order valence-electron chi connectivity index (χ2n) is 5.65. The topological polar surface area (TPSA) is 88.5 Å². The molecular weight excluding hydrogens is 280 g/mol. The Hall–Kier alpha value is -2.70. The molecule has 1 fully saturated rings. The van der Waals surface area contributed by atoms with Gasteiger partial charge in [0.1, 0.15) is 5.69 Å². The Balaban J connectivity index is 1.77. The van der Waals surface area contributed by atoms with Crippen LogP contribution in [0.2, 0.25) is 0 Å². The molecule has 1 aliphatic rings. The molecule has 1 aromatic carbocycles. The van der Waals surface area contributed by atoms with Crippen LogP contribution in [0.15, 0.2) is 29.1 Å². The summed E-state index contributed by atoms with van der Waals surface area (Å²) in [6.07, 6.45) is 2.55. The molecule has 0 spiro atoms. The summed E-state index contributed by atoms with van der Waals surface area (Å²) in [4.78, 5) is 16.6. The number of rotatable bonds is 4. The van der Waals surface area contributed by atoms with Crippen molar-refractivity contribution in [3.63, 3.8) is 0 Å². The fourth-order valence-corrected chi connectivity index (χ4v) is 2.48. The maximum Gasteiger partial charge on any atom is 0.274 e. The smallest absolute Gasteiger partial charge is 0.274 e. The van der Waals surface area contributed by atoms with Crippen molar-refractivity contribution in [2.45, 2.75) is 12.8 Å². The summed E-state index contributed by atoms with van der Waals surface area (Å²) < 4.78 is 1.33. The quantitative estimate of drug-likeness (QED) is 0.762. The number of nitrogens with zero attached hydrogens (tertiary/aromatic N) is 4. The van der Waals surface area contributed by atoms with Gasteiger partial charge in [-0.15, -0.1) is 5.10 Å². The lowest BCUT2D eigenvalue weighted by molar-refractivity contribution is 0.720. The molecule has 0 amide bonds. The van der Waals surface area contributed by atoms with Gasteiger partial charge in [0.05, 0.1) is 5.39 Å². The van der Waals surface area contributed by atoms with Crippen LogP contribution in [-0.4, -0.2) is 31.5 Å². The van der Waals surface area contributed by atoms with Gasteiger partial charge in [-0.3, -0.25) is 9.89 Å². The number of hydrogen-bond acceptors (Lipinski definition) is 5. The largest absolute Gasteiger partial charge is 0.353 e. The van der Waals surface area contributed by atoms with Crippen LogP contribution in [0.5, 0.6) is 0 Å². The average Bonchev–Trinajstić information content (AvgIpc) is 3.26. The van der Waals surface area contributed by atoms with Crippen molar-refractivity contribution in [1.29, 1.82) is 0 Å². The van der Waals surface area contributed by atoms with E-state index in [1.54, 1.807) is 13.1 Å². The minimum Gasteiger partial charge on any atom is -0.353 e. The lowest BCUT2D eigenvalue weighted by Crippen LogP contribution is -2.20. The zero-order chi connectivity index (χ0) is 15.1. The first kappa shape index (κ1) is 13.0. The molecule has 1 saturated carbocycles. The van der Waals surface area contributed by atoms with Gasteiger partial charge < -0.3 is 5.32 Å². The highest BCUT2D eigenvalue weighted by Gasteiger charge is 2.21. The van der Waals surface area contributed by atoms with E-state index in [1.165, 1.54) is 17.5 Å². The molecule has 2 heterocycles. The van der Waals surface area contributed by atoms with E-state index in [4.69, 9.17) is 0 Å². The number of H-pyrrole nitrogens is 1. The second-order valence-corrected chi connectivity index (χ2v) is 5.65. The number of benzene rings is 1. The summed E-state index contributed by atoms with van der Waals surface area (Å²) in [7, 11) is 1.64. The third kappa shape index (κ3) is 2.24. The molecule has 0 radical (unpaired) electrons. The van der Waals surface area contributed by atoms with Gasteiger partial charge in [-0.1, -0.05) is 18.2 Å². The predicted molar refractivity (Wildman–Crippen MR) is 83.6 cm³/mol. The summed E-state index contributed by atoms with van der Waals surface area (Å²) in [5, 5.41) is 16.0. The number of anilines is 1. The fourth-order valence-electron chi connectivity index (χ4n) is 2.48. The van der Waals surface area contributed by atoms with E-state index < -0.39 is 0 Å². The molecule has 1 aliphatic carbocycles. The highest BCUT2D eigenvalue weighted by atomic mass is 16.1. The molecule has 22 heavy (non-hydrogen) atoms. The molecule has 2 aromatic heterocycles. The van der Waals surface area contributed by atoms with Crippen LogP contribution in [0.4, 0.5) is 5.95 Å². The van der Waals surface area contributed by atoms with Crippen molar-refractivity contribution in [2.75, 3.05) is 11.9 Å². The SMILES string of the molecule is Cn1nc(-c2nc(NCC3CC3)n[nH]2)c2ccccc2c1=O. The summed E-state index contributed by atoms with van der Waals surface area (Å²) in [5.41, 5.74) is 0.510. The van der Waals surface area contributed by atoms with Crippen LogP contribution in [-0.2, 0) is 7.05 Å². The number of nitrogens with one attached hydrogen (secondary N) is 2. The van der Waals surface area contributed by atoms with Gasteiger partial charge in [0, 0.05) is 19.0 Å². The molecule has 2 N–H and O–H groups in total. The molecule has 7 heteroatoms. The van der Waals surface area contributed by atoms with E-state index >= 15 is 0 Å². The van der Waals surface area contributed by atoms with Crippen LogP contribution in [0.25, 0.3) is 22.3 Å². The van der Waals surface area contributed by atoms with Crippen LogP contribution >= 0.6 is 0 Å². The number of aromatic amines is 1. The summed E-state index contributed by atoms with van der Waals surface area (Å²) in [6.45, 7) is 0.902. The molecule has 0 bridgehead atoms. The van der Waals surface area contributed by atoms with Gasteiger partial charge in [0.15, 0.2) is 5.82 Å². The van der Waals surface area contributed by atoms with E-state index in [2.05, 4.69) is 25.6 Å². The lowest BCUT2D eigenvalue weighted by atomic mass is 10.1. The number of aryl methyl sites for hydroxylation is 1. The van der Waals surface area contributed by atoms with Crippen LogP contribution in [0.1, 0.15) is 12.8 Å². The minimum absolute atomic E-state index is 0.119. The fraction of sp³-hybridized carbons (Fsp3) is 0.333. The Kier molecular flexibility index (Phi) is 2.92. The zero-order valence-electron chi connectivity index (χ0n) is 12.2. The van der Waals surface area contributed by atoms with Crippen LogP contribution in [0, 0.1) is 5.92 Å². The van der Waals surface area contributed by atoms with Crippen LogP contribution < -0.4 is 10.9 Å². The molecule has 0 aliphatic heterocycles. The molecule has 0 unspecified atom stereocenters. The highest BCUT2D eigenvalue weighted by molar-refractivity contribution is 5.92. The maximum absolute atomic E-state index is 12.1. The monoisotopic (exact) mass is 296 g/mol. The van der Waals surface area contributed by atoms with Crippen molar-refractivity contribution in [3.8, 4) is 11.5 Å². The van der Waals surface area contributed by atoms with E-state index in [-0.39, 0.29) is 5.56 Å². The van der Waals surface area contributed by atoms with Crippen molar-refractivity contribution in [1.82, 2.24) is 25.0 Å². The van der Waals surface area contributed by atoms with E-state index in [0.717, 1.165) is 17.8 Å². The third-order valence-electron chi connectivity index (χ3n) is 3.91. The average molecular weight is 296 g/mol. The number of hydrogen-bond donors (Lipinski definition) is 2. The Labute approximate surface area is 126 Å². The predicted octanol–water partition coefficient (Wildman–Crippen LogP) is 1.54. The van der Waals surface area contributed by atoms with E-state index in [1.807, 2.05) is 18.2 Å². The minimum atomic E-state index is -0.119. The normalized spacial score (nSPS) is 14.4. The molecular formula is C15H16N6O. The van der Waals surface area contributed by atoms with Crippen molar-refractivity contribution >= 4 is 16.7 Å². The Morgan fingerprint density at radius 1 is 1.32 bits per heavy atom. The van der Waals surface area contributed by atoms with Gasteiger partial charge in [-0.05, 0) is 24.8 Å². The molecule has 0 atom stereocenters. The van der Waals surface area contributed by atoms with Crippen LogP contribution in [0.3, 0.4) is 0 Å². The van der Waals surface area contributed by atoms with Gasteiger partial charge in [0.2, 0.25) is 5.95 Å². The summed E-state index contributed by atoms with van der Waals surface area (Å²) in [6, 6.07) is 7.40. The van der Waals surface area contributed by atoms with Crippen molar-refractivity contribution in [2.24, 2.45) is 13.0 Å². The first-order valence-corrected chi connectivity index (χ1v) is 7.35. The van der Waals surface area contributed by atoms with Crippen molar-refractivity contribution < 1.29 is 0 Å². The van der Waals surface area contributed by atoms with E-state index in [0.29, 0.717) is 22.9 Å². The molecule has 3 aromatic rings. The van der Waals surface area contributed by atoms with Gasteiger partial charge in [-0.2, -0.15) is 10.1 Å². The maximum atomic E-state index is 12.1. The second kappa shape index (κ2) is 4.94. The third-order valence-corrected chi connectivity index (χ3v) is 3.91. The van der Waals surface area contributed by atoms with Gasteiger partial charge in [-0.25, -0.2) is 4.68 Å². The van der Waals surface area contributed by atoms with Crippen molar-refractivity contribution in [3.05, 3.63) is 34.6 Å². The molecule has 0 saturated heterocycles. The Morgan fingerprint density at radius 3 is 2.86 bits per heavy atom. The Morgan fingerprint density at radius 2 is 2.09 bits per heavy atom. The van der Waals surface area contributed by atoms with E-state index in [9.17, 15) is 4.79 Å². The molecule has 4 rings (SSSR count). The first-order chi connectivity index (χ1) is 10.7. The van der Waals surface area contributed by atoms with Gasteiger partial charge in [0.25, 0.3) is 5.56 Å². The standard InChI is InChI=1S/C15H16N6O/c1-21-14(22)11-5-3-2-4-10(11)12(20-21)13-17-15(19-18-13)16-8-9-6-7-9/h2-5,9H,6-8H2,1H3,(H2,16,17,18,19). The lowest BCUT2D eigenvalue weighted by Gasteiger charge is -2.05. The molecule has 112 valence electrons. The summed E-state index contributed by atoms with van der Waals surface area (Å²) in [5.74, 6) is 1.88. The number of fused-ring (bicyclic) bond motifs is 1.